The average molecular weight is 785 g/mol. The number of unbranched alkanes of at least 4 members (excludes halogenated alkanes) is 2. The van der Waals surface area contributed by atoms with E-state index in [0.717, 1.165) is 64.2 Å². The molecule has 9 heteroatoms. The summed E-state index contributed by atoms with van der Waals surface area (Å²) in [5, 5.41) is 5.49. The maximum atomic E-state index is 15.1. The van der Waals surface area contributed by atoms with Gasteiger partial charge in [0.15, 0.2) is 0 Å². The first kappa shape index (κ1) is 39.7. The lowest BCUT2D eigenvalue weighted by Gasteiger charge is -2.34. The van der Waals surface area contributed by atoms with Crippen molar-refractivity contribution in [2.75, 3.05) is 25.4 Å². The summed E-state index contributed by atoms with van der Waals surface area (Å²) in [6.45, 7) is 7.79. The molecule has 56 heavy (non-hydrogen) atoms. The van der Waals surface area contributed by atoms with E-state index in [9.17, 15) is 0 Å². The van der Waals surface area contributed by atoms with Crippen LogP contribution in [0.3, 0.4) is 0 Å². The third-order valence-corrected chi connectivity index (χ3v) is 16.8. The molecule has 2 atom stereocenters. The molecular formula is C47H58N6OP2+2. The molecule has 6 aromatic rings. The normalized spacial score (nSPS) is 15.8. The van der Waals surface area contributed by atoms with E-state index < -0.39 is 15.8 Å². The Morgan fingerprint density at radius 1 is 0.482 bits per heavy atom. The van der Waals surface area contributed by atoms with Gasteiger partial charge in [0.1, 0.15) is 24.8 Å². The van der Waals surface area contributed by atoms with E-state index in [1.54, 1.807) is 0 Å². The Morgan fingerprint density at radius 2 is 0.786 bits per heavy atom. The van der Waals surface area contributed by atoms with Crippen molar-refractivity contribution in [2.45, 2.75) is 64.7 Å². The average Bonchev–Trinajstić information content (AvgIpc) is 3.83. The minimum atomic E-state index is -0.717. The molecule has 0 saturated carbocycles. The number of hydrogen-bond acceptors (Lipinski definition) is 1. The van der Waals surface area contributed by atoms with Crippen LogP contribution in [0.5, 0.6) is 0 Å². The number of urea groups is 1. The van der Waals surface area contributed by atoms with Crippen LogP contribution in [0.2, 0.25) is 0 Å². The quantitative estimate of drug-likeness (QED) is 0.0554. The summed E-state index contributed by atoms with van der Waals surface area (Å²) in [4.78, 5) is 19.8. The van der Waals surface area contributed by atoms with Gasteiger partial charge in [-0.25, -0.2) is 23.1 Å². The number of carbonyl (C=O) groups excluding carboxylic acids is 1. The molecule has 1 fully saturated rings. The van der Waals surface area contributed by atoms with E-state index in [4.69, 9.17) is 0 Å². The Bertz CT molecular complexity index is 1890. The number of aryl methyl sites for hydroxylation is 4. The van der Waals surface area contributed by atoms with Crippen molar-refractivity contribution in [1.82, 2.24) is 18.9 Å². The van der Waals surface area contributed by atoms with Gasteiger partial charge in [0.2, 0.25) is 0 Å². The highest BCUT2D eigenvalue weighted by Gasteiger charge is 2.47. The second kappa shape index (κ2) is 19.0. The predicted octanol–water partition coefficient (Wildman–Crippen LogP) is 6.56. The fourth-order valence-corrected chi connectivity index (χ4v) is 13.3. The molecule has 4 aromatic carbocycles. The molecular weight excluding hydrogens is 727 g/mol. The Labute approximate surface area is 336 Å². The van der Waals surface area contributed by atoms with Crippen LogP contribution in [-0.4, -0.2) is 62.5 Å². The molecule has 0 unspecified atom stereocenters. The maximum absolute atomic E-state index is 15.1. The molecule has 1 aliphatic rings. The van der Waals surface area contributed by atoms with Crippen molar-refractivity contribution in [1.29, 1.82) is 0 Å². The molecule has 2 aromatic heterocycles. The molecule has 7 nitrogen and oxygen atoms in total. The second-order valence-electron chi connectivity index (χ2n) is 15.1. The topological polar surface area (TPSA) is 41.2 Å². The number of amides is 2. The Hall–Kier alpha value is -4.57. The molecule has 7 rings (SSSR count). The SMILES string of the molecule is Cc1n(CCCCN2C(=O)N(CCCCn3cc[n+](C)c3C)[C@H](CP(c3ccccc3)c3ccccc3)[C@H]2CP(c2ccccc2)c2ccccc2)cc[n+]1C. The first-order valence-corrected chi connectivity index (χ1v) is 23.3. The summed E-state index contributed by atoms with van der Waals surface area (Å²) < 4.78 is 9.02. The highest BCUT2D eigenvalue weighted by atomic mass is 31.1. The first-order valence-electron chi connectivity index (χ1n) is 20.2. The van der Waals surface area contributed by atoms with Crippen LogP contribution in [0.4, 0.5) is 4.79 Å². The third kappa shape index (κ3) is 9.34. The lowest BCUT2D eigenvalue weighted by molar-refractivity contribution is -0.677. The molecule has 3 heterocycles. The van der Waals surface area contributed by atoms with Crippen LogP contribution in [0.25, 0.3) is 0 Å². The van der Waals surface area contributed by atoms with E-state index in [1.807, 2.05) is 0 Å². The zero-order valence-corrected chi connectivity index (χ0v) is 35.4. The van der Waals surface area contributed by atoms with Crippen molar-refractivity contribution >= 4 is 43.1 Å². The van der Waals surface area contributed by atoms with Crippen LogP contribution in [0.15, 0.2) is 146 Å². The van der Waals surface area contributed by atoms with Crippen LogP contribution in [0, 0.1) is 13.8 Å². The van der Waals surface area contributed by atoms with Gasteiger partial charge < -0.3 is 9.80 Å². The Kier molecular flexibility index (Phi) is 13.5. The van der Waals surface area contributed by atoms with E-state index in [0.29, 0.717) is 0 Å². The largest absolute Gasteiger partial charge is 0.320 e. The number of benzene rings is 4. The van der Waals surface area contributed by atoms with Gasteiger partial charge in [0.25, 0.3) is 11.6 Å². The van der Waals surface area contributed by atoms with E-state index in [2.05, 4.69) is 202 Å². The van der Waals surface area contributed by atoms with E-state index >= 15 is 4.79 Å². The van der Waals surface area contributed by atoms with E-state index in [1.165, 1.54) is 32.9 Å². The fourth-order valence-electron chi connectivity index (χ4n) is 8.15. The van der Waals surface area contributed by atoms with Crippen molar-refractivity contribution in [3.8, 4) is 0 Å². The lowest BCUT2D eigenvalue weighted by atomic mass is 10.1. The maximum Gasteiger partial charge on any atom is 0.320 e. The van der Waals surface area contributed by atoms with Gasteiger partial charge in [-0.15, -0.1) is 0 Å². The molecule has 1 saturated heterocycles. The number of carbonyl (C=O) groups is 1. The van der Waals surface area contributed by atoms with Gasteiger partial charge in [-0.1, -0.05) is 121 Å². The van der Waals surface area contributed by atoms with Gasteiger partial charge in [-0.05, 0) is 75.1 Å². The summed E-state index contributed by atoms with van der Waals surface area (Å²) in [5.74, 6) is 2.50. The summed E-state index contributed by atoms with van der Waals surface area (Å²) >= 11 is 0. The third-order valence-electron chi connectivity index (χ3n) is 11.6. The van der Waals surface area contributed by atoms with Gasteiger partial charge >= 0.3 is 6.03 Å². The van der Waals surface area contributed by atoms with Crippen molar-refractivity contribution < 1.29 is 13.9 Å². The fraction of sp³-hybridized carbons (Fsp3) is 0.340. The van der Waals surface area contributed by atoms with Gasteiger partial charge in [0, 0.05) is 26.9 Å². The van der Waals surface area contributed by atoms with E-state index in [-0.39, 0.29) is 18.1 Å². The van der Waals surface area contributed by atoms with Crippen LogP contribution in [-0.2, 0) is 27.2 Å². The molecule has 290 valence electrons. The van der Waals surface area contributed by atoms with Gasteiger partial charge in [0.05, 0.1) is 39.3 Å². The van der Waals surface area contributed by atoms with Crippen LogP contribution >= 0.6 is 15.8 Å². The molecule has 0 spiro atoms. The summed E-state index contributed by atoms with van der Waals surface area (Å²) in [6, 6.07) is 44.7. The predicted molar refractivity (Wildman–Crippen MR) is 233 cm³/mol. The van der Waals surface area contributed by atoms with Crippen LogP contribution < -0.4 is 30.4 Å². The summed E-state index contributed by atoms with van der Waals surface area (Å²) in [7, 11) is 2.77. The monoisotopic (exact) mass is 784 g/mol. The molecule has 0 radical (unpaired) electrons. The zero-order chi connectivity index (χ0) is 38.9. The molecule has 0 aliphatic carbocycles. The molecule has 0 N–H and O–H groups in total. The number of nitrogens with zero attached hydrogens (tertiary/aromatic N) is 6. The van der Waals surface area contributed by atoms with Crippen molar-refractivity contribution in [3.63, 3.8) is 0 Å². The van der Waals surface area contributed by atoms with Crippen molar-refractivity contribution in [2.24, 2.45) is 14.1 Å². The highest BCUT2D eigenvalue weighted by Crippen LogP contribution is 2.43. The highest BCUT2D eigenvalue weighted by molar-refractivity contribution is 7.73. The first-order chi connectivity index (χ1) is 27.4. The molecule has 2 amide bonds. The number of rotatable bonds is 18. The van der Waals surface area contributed by atoms with Crippen LogP contribution in [0.1, 0.15) is 37.3 Å². The smallest absolute Gasteiger partial charge is 0.319 e. The van der Waals surface area contributed by atoms with Crippen molar-refractivity contribution in [3.05, 3.63) is 158 Å². The van der Waals surface area contributed by atoms with Gasteiger partial charge in [-0.3, -0.25) is 0 Å². The molecule has 0 bridgehead atoms. The van der Waals surface area contributed by atoms with Gasteiger partial charge in [-0.2, -0.15) is 0 Å². The minimum Gasteiger partial charge on any atom is -0.319 e. The number of aromatic nitrogens is 4. The molecule has 1 aliphatic heterocycles. The summed E-state index contributed by atoms with van der Waals surface area (Å²) in [5.41, 5.74) is 0. The standard InChI is InChI=1S/C47H58N6OP2/c1-39-48(3)33-35-50(39)29-17-19-31-52-45(37-55(41-21-9-5-10-22-41)42-23-11-6-12-24-42)46(38-56(43-25-13-7-14-26-43)44-27-15-8-16-28-44)53(47(52)54)32-20-18-30-51-36-34-49(4)40(51)2/h5-16,21-28,33-36,45-46H,17-20,29-32,37-38H2,1-4H3/q+2/t45-,46-/m1/s1. The lowest BCUT2D eigenvalue weighted by Crippen LogP contribution is -2.44. The zero-order valence-electron chi connectivity index (χ0n) is 33.6. The second-order valence-corrected chi connectivity index (χ2v) is 19.6. The number of hydrogen-bond donors (Lipinski definition) is 0. The Balaban J connectivity index is 1.24. The Morgan fingerprint density at radius 3 is 1.07 bits per heavy atom. The summed E-state index contributed by atoms with van der Waals surface area (Å²) in [6.07, 6.45) is 14.5. The minimum absolute atomic E-state index is 0.0864. The number of imidazole rings is 2.